The van der Waals surface area contributed by atoms with Gasteiger partial charge >= 0.3 is 0 Å². The Morgan fingerprint density at radius 2 is 1.71 bits per heavy atom. The smallest absolute Gasteiger partial charge is 0.261 e. The number of benzene rings is 1. The van der Waals surface area contributed by atoms with Crippen molar-refractivity contribution in [3.05, 3.63) is 47.5 Å². The number of hydrogen-bond donors (Lipinski definition) is 0. The first-order valence-electron chi connectivity index (χ1n) is 5.33. The number of imide groups is 1. The number of nitrogens with zero attached hydrogens (tertiary/aromatic N) is 1. The van der Waals surface area contributed by atoms with Crippen LogP contribution in [0.25, 0.3) is 0 Å². The molecule has 0 aromatic heterocycles. The van der Waals surface area contributed by atoms with Crippen molar-refractivity contribution in [3.8, 4) is 0 Å². The van der Waals surface area contributed by atoms with E-state index in [9.17, 15) is 9.59 Å². The number of alkyl halides is 1. The minimum Gasteiger partial charge on any atom is -0.274 e. The van der Waals surface area contributed by atoms with Gasteiger partial charge in [0.05, 0.1) is 11.1 Å². The molecule has 4 heteroatoms. The van der Waals surface area contributed by atoms with E-state index in [4.69, 9.17) is 0 Å². The molecule has 0 unspecified atom stereocenters. The second kappa shape index (κ2) is 4.84. The van der Waals surface area contributed by atoms with E-state index in [1.54, 1.807) is 24.3 Å². The van der Waals surface area contributed by atoms with Gasteiger partial charge in [0, 0.05) is 11.9 Å². The van der Waals surface area contributed by atoms with E-state index in [1.165, 1.54) is 4.90 Å². The van der Waals surface area contributed by atoms with E-state index in [-0.39, 0.29) is 11.8 Å². The van der Waals surface area contributed by atoms with Gasteiger partial charge in [-0.25, -0.2) is 0 Å². The van der Waals surface area contributed by atoms with Crippen LogP contribution in [0.3, 0.4) is 0 Å². The molecule has 0 saturated carbocycles. The molecule has 0 atom stereocenters. The van der Waals surface area contributed by atoms with Crippen molar-refractivity contribution >= 4 is 27.7 Å². The third-order valence-corrected chi connectivity index (χ3v) is 3.55. The molecule has 88 valence electrons. The van der Waals surface area contributed by atoms with Gasteiger partial charge in [-0.3, -0.25) is 14.5 Å². The van der Waals surface area contributed by atoms with Crippen molar-refractivity contribution in [1.82, 2.24) is 4.90 Å². The van der Waals surface area contributed by atoms with Gasteiger partial charge < -0.3 is 0 Å². The molecule has 1 aromatic rings. The fourth-order valence-corrected chi connectivity index (χ4v) is 2.06. The third kappa shape index (κ3) is 2.17. The van der Waals surface area contributed by atoms with Crippen LogP contribution in [0.4, 0.5) is 0 Å². The summed E-state index contributed by atoms with van der Waals surface area (Å²) in [6, 6.07) is 6.92. The van der Waals surface area contributed by atoms with Gasteiger partial charge in [0.1, 0.15) is 0 Å². The molecule has 1 heterocycles. The first-order valence-corrected chi connectivity index (χ1v) is 6.45. The van der Waals surface area contributed by atoms with Gasteiger partial charge in [-0.15, -0.1) is 0 Å². The second-order valence-corrected chi connectivity index (χ2v) is 4.50. The lowest BCUT2D eigenvalue weighted by atomic mass is 10.1. The van der Waals surface area contributed by atoms with Crippen molar-refractivity contribution in [2.75, 3.05) is 11.9 Å². The quantitative estimate of drug-likeness (QED) is 0.486. The molecule has 2 rings (SSSR count). The van der Waals surface area contributed by atoms with Crippen LogP contribution in [0.15, 0.2) is 36.4 Å². The van der Waals surface area contributed by atoms with E-state index >= 15 is 0 Å². The highest BCUT2D eigenvalue weighted by Crippen LogP contribution is 2.23. The van der Waals surface area contributed by atoms with Crippen molar-refractivity contribution in [1.29, 1.82) is 0 Å². The molecular weight excluding hydrogens is 282 g/mol. The Morgan fingerprint density at radius 1 is 1.18 bits per heavy atom. The summed E-state index contributed by atoms with van der Waals surface area (Å²) in [5.41, 5.74) is 1.98. The number of rotatable bonds is 4. The van der Waals surface area contributed by atoms with Crippen LogP contribution in [-0.2, 0) is 0 Å². The maximum absolute atomic E-state index is 12.0. The van der Waals surface area contributed by atoms with E-state index in [1.807, 2.05) is 0 Å². The minimum atomic E-state index is -0.201. The summed E-state index contributed by atoms with van der Waals surface area (Å²) in [6.45, 7) is 4.24. The highest BCUT2D eigenvalue weighted by atomic mass is 79.9. The molecule has 0 saturated heterocycles. The maximum Gasteiger partial charge on any atom is 0.261 e. The highest BCUT2D eigenvalue weighted by Gasteiger charge is 2.34. The largest absolute Gasteiger partial charge is 0.274 e. The fraction of sp³-hybridized carbons (Fsp3) is 0.231. The Kier molecular flexibility index (Phi) is 3.43. The number of carbonyl (C=O) groups is 2. The Morgan fingerprint density at radius 3 is 2.18 bits per heavy atom. The van der Waals surface area contributed by atoms with Crippen LogP contribution >= 0.6 is 15.9 Å². The molecule has 3 nitrogen and oxygen atoms in total. The molecule has 0 aliphatic carbocycles. The first-order chi connectivity index (χ1) is 8.15. The molecular formula is C13H12BrNO2. The number of carbonyl (C=O) groups excluding carboxylic acids is 2. The lowest BCUT2D eigenvalue weighted by Crippen LogP contribution is -2.30. The average Bonchev–Trinajstić information content (AvgIpc) is 2.60. The summed E-state index contributed by atoms with van der Waals surface area (Å²) < 4.78 is 0. The molecule has 0 N–H and O–H groups in total. The predicted octanol–water partition coefficient (Wildman–Crippen LogP) is 2.62. The normalized spacial score (nSPS) is 14.1. The standard InChI is InChI=1S/C13H12BrNO2/c1-9(8-14)6-7-15-12(16)10-4-2-3-5-11(10)13(15)17/h2-5H,1,6-8H2. The summed E-state index contributed by atoms with van der Waals surface area (Å²) in [7, 11) is 0. The molecule has 0 bridgehead atoms. The Labute approximate surface area is 108 Å². The van der Waals surface area contributed by atoms with Crippen molar-refractivity contribution < 1.29 is 9.59 Å². The van der Waals surface area contributed by atoms with Gasteiger partial charge in [-0.1, -0.05) is 40.2 Å². The number of halogens is 1. The van der Waals surface area contributed by atoms with Crippen LogP contribution in [0.2, 0.25) is 0 Å². The van der Waals surface area contributed by atoms with Gasteiger partial charge in [0.15, 0.2) is 0 Å². The van der Waals surface area contributed by atoms with E-state index < -0.39 is 0 Å². The summed E-state index contributed by atoms with van der Waals surface area (Å²) in [6.07, 6.45) is 0.636. The summed E-state index contributed by atoms with van der Waals surface area (Å²) in [4.78, 5) is 25.2. The molecule has 0 fully saturated rings. The van der Waals surface area contributed by atoms with Crippen LogP contribution in [-0.4, -0.2) is 28.6 Å². The molecule has 1 aliphatic heterocycles. The number of amides is 2. The highest BCUT2D eigenvalue weighted by molar-refractivity contribution is 9.09. The molecule has 17 heavy (non-hydrogen) atoms. The van der Waals surface area contributed by atoms with Gasteiger partial charge in [0.25, 0.3) is 11.8 Å². The van der Waals surface area contributed by atoms with Crippen molar-refractivity contribution in [3.63, 3.8) is 0 Å². The van der Waals surface area contributed by atoms with E-state index in [0.717, 1.165) is 5.57 Å². The average molecular weight is 294 g/mol. The van der Waals surface area contributed by atoms with Gasteiger partial charge in [-0.2, -0.15) is 0 Å². The Bertz CT molecular complexity index is 461. The first kappa shape index (κ1) is 12.0. The number of hydrogen-bond acceptors (Lipinski definition) is 2. The van der Waals surface area contributed by atoms with Crippen LogP contribution in [0, 0.1) is 0 Å². The van der Waals surface area contributed by atoms with Gasteiger partial charge in [0.2, 0.25) is 0 Å². The summed E-state index contributed by atoms with van der Waals surface area (Å²) in [5.74, 6) is -0.402. The fourth-order valence-electron chi connectivity index (χ4n) is 1.78. The minimum absolute atomic E-state index is 0.201. The molecule has 1 aromatic carbocycles. The topological polar surface area (TPSA) is 37.4 Å². The second-order valence-electron chi connectivity index (χ2n) is 3.94. The van der Waals surface area contributed by atoms with Crippen LogP contribution in [0.1, 0.15) is 27.1 Å². The Hall–Kier alpha value is -1.42. The predicted molar refractivity (Wildman–Crippen MR) is 69.4 cm³/mol. The molecule has 0 spiro atoms. The zero-order valence-corrected chi connectivity index (χ0v) is 10.9. The third-order valence-electron chi connectivity index (χ3n) is 2.76. The molecule has 0 radical (unpaired) electrons. The maximum atomic E-state index is 12.0. The SMILES string of the molecule is C=C(CBr)CCN1C(=O)c2ccccc2C1=O. The van der Waals surface area contributed by atoms with Crippen molar-refractivity contribution in [2.45, 2.75) is 6.42 Å². The van der Waals surface area contributed by atoms with E-state index in [2.05, 4.69) is 22.5 Å². The molecule has 1 aliphatic rings. The zero-order valence-electron chi connectivity index (χ0n) is 9.28. The summed E-state index contributed by atoms with van der Waals surface area (Å²) in [5, 5.41) is 0.691. The van der Waals surface area contributed by atoms with Crippen LogP contribution in [0.5, 0.6) is 0 Å². The summed E-state index contributed by atoms with van der Waals surface area (Å²) >= 11 is 3.29. The van der Waals surface area contributed by atoms with Gasteiger partial charge in [-0.05, 0) is 18.6 Å². The monoisotopic (exact) mass is 293 g/mol. The molecule has 2 amide bonds. The van der Waals surface area contributed by atoms with Crippen LogP contribution < -0.4 is 0 Å². The van der Waals surface area contributed by atoms with E-state index in [0.29, 0.717) is 29.4 Å². The zero-order chi connectivity index (χ0) is 12.4. The lowest BCUT2D eigenvalue weighted by molar-refractivity contribution is 0.0656. The number of fused-ring (bicyclic) bond motifs is 1. The lowest BCUT2D eigenvalue weighted by Gasteiger charge is -2.13. The van der Waals surface area contributed by atoms with Crippen molar-refractivity contribution in [2.24, 2.45) is 0 Å². The Balaban J connectivity index is 2.16.